The number of nitrogens with zero attached hydrogens (tertiary/aromatic N) is 5. The van der Waals surface area contributed by atoms with Gasteiger partial charge in [-0.25, -0.2) is 0 Å². The van der Waals surface area contributed by atoms with E-state index < -0.39 is 397 Å². The summed E-state index contributed by atoms with van der Waals surface area (Å²) in [6.07, 6.45) is -34.7. The van der Waals surface area contributed by atoms with Crippen molar-refractivity contribution in [2.75, 3.05) is 136 Å². The van der Waals surface area contributed by atoms with Crippen molar-refractivity contribution in [1.29, 1.82) is 0 Å². The van der Waals surface area contributed by atoms with Gasteiger partial charge in [-0.2, -0.15) is 0 Å². The second-order valence-electron chi connectivity index (χ2n) is 28.8. The monoisotopic (exact) mass is 1710 g/mol. The molecule has 648 valence electrons. The Morgan fingerprint density at radius 1 is 0.398 bits per heavy atom. The first-order valence-corrected chi connectivity index (χ1v) is 36.9. The fourth-order valence-electron chi connectivity index (χ4n) is 15.0. The molecule has 0 N–H and O–H groups in total. The second-order valence-corrected chi connectivity index (χ2v) is 28.8. The molecule has 5 aromatic rings. The summed E-state index contributed by atoms with van der Waals surface area (Å²) in [5, 5.41) is 0. The molecule has 0 amide bonds. The van der Waals surface area contributed by atoms with Crippen LogP contribution in [0.4, 0.5) is 0 Å². The van der Waals surface area contributed by atoms with E-state index in [0.29, 0.717) is 56.5 Å². The van der Waals surface area contributed by atoms with E-state index in [1.54, 1.807) is 4.90 Å². The average Bonchev–Trinajstić information content (AvgIpc) is 0.633. The molecule has 5 aromatic carbocycles. The van der Waals surface area contributed by atoms with Crippen LogP contribution < -0.4 is 47.4 Å². The fourth-order valence-corrected chi connectivity index (χ4v) is 15.0. The van der Waals surface area contributed by atoms with Crippen LogP contribution in [0.25, 0.3) is 0 Å². The highest BCUT2D eigenvalue weighted by atomic mass is 16.5. The molecule has 0 spiro atoms. The van der Waals surface area contributed by atoms with Crippen LogP contribution in [-0.2, 0) is 56.0 Å². The van der Waals surface area contributed by atoms with Gasteiger partial charge in [0, 0.05) is 210 Å². The summed E-state index contributed by atoms with van der Waals surface area (Å²) in [4.78, 5) is 72.8. The molecule has 20 nitrogen and oxygen atoms in total. The van der Waals surface area contributed by atoms with Crippen LogP contribution in [0, 0.1) is 59.0 Å². The molecule has 5 fully saturated rings. The Balaban J connectivity index is 0.000000227. The summed E-state index contributed by atoms with van der Waals surface area (Å²) >= 11 is 0. The zero-order valence-electron chi connectivity index (χ0n) is 143. The summed E-state index contributed by atoms with van der Waals surface area (Å²) < 4.78 is 675. The highest BCUT2D eigenvalue weighted by molar-refractivity contribution is 5.86. The van der Waals surface area contributed by atoms with Crippen LogP contribution in [0.15, 0.2) is 60.5 Å². The predicted molar refractivity (Wildman–Crippen MR) is 465 cm³/mol. The van der Waals surface area contributed by atoms with Gasteiger partial charge in [0.2, 0.25) is 0 Å². The second kappa shape index (κ2) is 41.7. The molecular formula is C98H141N5O15. The SMILES string of the molecule is [2H]C([2H])([2H])Oc1cc2c(cc1OC([2H])([2H])[2H])C1([2H])N(C([2H])([2H])C2([2H])[2H])C([2H])([2H])C([2H])(C([2H])([2H])C([2H])(C([2H])([2H])[2H])C([2H])([2H])C)C(=O)C1([2H])[2H].[2H]c1c2c(c([2H])c(OC([2H])([2H])[2H])c1OC([2H])([2H])[2H])C1CC(=O)C(C([2H])([2H])C([2H])(C([2H])([2H])[2H])C([2H])([2H])C)CN1CC2.[2H]c1c2c(c([2H])c(OC([2H])([2H])[2H])c1OC([2H])([2H])[2H])C1CC(=O)C(CC(C)C)CN1CC2.[2H]c1c2c(c([2H])c(OC([2H])([2H])[2H])c1OC([2H])([2H])[2H])C1N(CC2)CC([2H])(C([2H])([2H])C([2H])(C([2H])([2H])[2H])C([2H])([2H])C)C(=O)C1([2H])[2H].[2H]c1c2c(c([2H])c(OC([2H])([2H])[2H])c1OC([2H])([2H])[2H])C1N(CC2)CC([2H])(CC(C)C)C(=O)C1([2H])[2H]. The normalized spacial score (nSPS) is 42.4. The summed E-state index contributed by atoms with van der Waals surface area (Å²) in [6.45, 7) is -11.2. The number of aryl methyl sites for hydroxylation is 1. The number of carbonyl (C=O) groups is 5. The van der Waals surface area contributed by atoms with E-state index in [1.807, 2.05) is 13.8 Å². The van der Waals surface area contributed by atoms with Gasteiger partial charge < -0.3 is 47.4 Å². The van der Waals surface area contributed by atoms with Gasteiger partial charge in [-0.3, -0.25) is 48.5 Å². The van der Waals surface area contributed by atoms with Gasteiger partial charge >= 0.3 is 0 Å². The molecule has 0 bridgehead atoms. The van der Waals surface area contributed by atoms with Crippen molar-refractivity contribution in [3.05, 3.63) is 116 Å². The number of ketones is 5. The van der Waals surface area contributed by atoms with E-state index in [1.165, 1.54) is 4.90 Å². The smallest absolute Gasteiger partial charge is 0.161 e. The number of hydrogen-bond acceptors (Lipinski definition) is 20. The van der Waals surface area contributed by atoms with Gasteiger partial charge in [0.1, 0.15) is 28.9 Å². The van der Waals surface area contributed by atoms with Crippen molar-refractivity contribution >= 4 is 28.9 Å². The van der Waals surface area contributed by atoms with Crippen LogP contribution in [0.2, 0.25) is 0 Å². The van der Waals surface area contributed by atoms with Gasteiger partial charge in [-0.05, 0) is 210 Å². The van der Waals surface area contributed by atoms with Crippen molar-refractivity contribution in [2.45, 2.75) is 214 Å². The van der Waals surface area contributed by atoms with Crippen molar-refractivity contribution in [3.8, 4) is 57.5 Å². The first-order valence-electron chi connectivity index (χ1n) is 75.9. The number of hydrogen-bond donors (Lipinski definition) is 0. The Kier molecular flexibility index (Phi) is 11.8. The standard InChI is InChI=1S/3C20H29NO3.2C19H27NO3/c3*1-5-13(2)8-15-12-21-7-6-14-9-19(23-3)20(24-4)10-16(14)17(21)11-18(15)22;2*1-12(2)7-14-11-20-6-5-13-8-18(22-3)19(23-4)9-15(13)16(20)10-17(14)21/h3*9-10,13,15,17H,5-8,11-12H2,1-4H3;2*8-9,12,14,16H,5-7,10-11H2,1-4H3/i2D3,3D3,4D3,5D2,6D2,7D2,8D2,11D2,12D2,13D,15D,17D;2D3,3D3,4D3,5D2,8D2,9D,10D,11D2,13D,15D;2D3,3D3,4D3,5D2,8D2,9D,10D,13D;3D3,4D3,8D,9D,10D2,14D;3D3,4D3,8D,9D. The van der Waals surface area contributed by atoms with E-state index in [9.17, 15) is 25.3 Å². The lowest BCUT2D eigenvalue weighted by molar-refractivity contribution is -0.130. The topological polar surface area (TPSA) is 194 Å². The Hall–Kier alpha value is -7.75. The minimum atomic E-state index is -4.67. The number of ether oxygens (including phenoxy) is 10. The number of fused-ring (bicyclic) bond motifs is 15. The minimum absolute atomic E-state index is 0.0143. The molecule has 5 saturated heterocycles. The van der Waals surface area contributed by atoms with Gasteiger partial charge in [-0.15, -0.1) is 0 Å². The van der Waals surface area contributed by atoms with E-state index in [-0.39, 0.29) is 122 Å². The Morgan fingerprint density at radius 3 is 1.18 bits per heavy atom. The largest absolute Gasteiger partial charge is 0.493 e. The maximum Gasteiger partial charge on any atom is 0.161 e. The molecule has 10 heterocycles. The zero-order chi connectivity index (χ0) is 152. The molecule has 13 atom stereocenters. The zero-order valence-corrected chi connectivity index (χ0v) is 64.9. The highest BCUT2D eigenvalue weighted by Crippen LogP contribution is 2.49. The summed E-state index contributed by atoms with van der Waals surface area (Å²) in [5.41, 5.74) is -2.35. The highest BCUT2D eigenvalue weighted by Gasteiger charge is 2.45. The van der Waals surface area contributed by atoms with Crippen LogP contribution in [0.1, 0.15) is 345 Å². The lowest BCUT2D eigenvalue weighted by Crippen LogP contribution is -2.46. The molecular weight excluding hydrogens is 1490 g/mol. The molecule has 0 aliphatic carbocycles. The van der Waals surface area contributed by atoms with E-state index in [4.69, 9.17) is 153 Å². The molecule has 0 radical (unpaired) electrons. The lowest BCUT2D eigenvalue weighted by Gasteiger charge is -2.43. The van der Waals surface area contributed by atoms with Gasteiger partial charge in [0.15, 0.2) is 57.5 Å². The van der Waals surface area contributed by atoms with Crippen LogP contribution in [0.5, 0.6) is 57.5 Å². The average molecular weight is 1710 g/mol. The molecule has 10 aliphatic rings. The third kappa shape index (κ3) is 21.0. The summed E-state index contributed by atoms with van der Waals surface area (Å²) in [7, 11) is -31.8. The minimum Gasteiger partial charge on any atom is -0.493 e. The quantitative estimate of drug-likeness (QED) is 0.0598. The maximum atomic E-state index is 14.1. The molecule has 13 unspecified atom stereocenters. The van der Waals surface area contributed by atoms with Gasteiger partial charge in [0.05, 0.1) is 124 Å². The van der Waals surface area contributed by atoms with E-state index >= 15 is 0 Å². The number of carbonyl (C=O) groups excluding carboxylic acids is 5. The van der Waals surface area contributed by atoms with E-state index in [0.717, 1.165) is 18.2 Å². The van der Waals surface area contributed by atoms with Crippen molar-refractivity contribution in [1.82, 2.24) is 24.5 Å². The Bertz CT molecular complexity index is 7840. The first kappa shape index (κ1) is 33.5. The molecule has 10 aliphatic heterocycles. The molecule has 20 heteroatoms. The molecule has 0 aromatic heterocycles. The third-order valence-electron chi connectivity index (χ3n) is 20.6. The van der Waals surface area contributed by atoms with Crippen molar-refractivity contribution < 1.29 is 178 Å². The number of rotatable bonds is 23. The molecule has 118 heavy (non-hydrogen) atoms. The molecule has 0 saturated carbocycles. The third-order valence-corrected chi connectivity index (χ3v) is 20.6. The summed E-state index contributed by atoms with van der Waals surface area (Å²) in [5.74, 6) is -37.5. The van der Waals surface area contributed by atoms with Crippen molar-refractivity contribution in [3.63, 3.8) is 0 Å². The fraction of sp³-hybridized carbons (Fsp3) is 0.643. The number of benzene rings is 5. The number of methoxy groups -OCH3 is 10. The number of piperidine rings is 5. The van der Waals surface area contributed by atoms with Crippen LogP contribution >= 0.6 is 0 Å². The Labute approximate surface area is 815 Å². The van der Waals surface area contributed by atoms with Crippen molar-refractivity contribution in [2.24, 2.45) is 59.0 Å². The van der Waals surface area contributed by atoms with Gasteiger partial charge in [-0.1, -0.05) is 88.1 Å². The van der Waals surface area contributed by atoms with Crippen LogP contribution in [-0.4, -0.2) is 189 Å². The summed E-state index contributed by atoms with van der Waals surface area (Å²) in [6, 6.07) is -12.8. The predicted octanol–water partition coefficient (Wildman–Crippen LogP) is 17.4. The lowest BCUT2D eigenvalue weighted by atomic mass is 9.79. The molecule has 15 rings (SSSR count). The Morgan fingerprint density at radius 2 is 0.754 bits per heavy atom. The first-order chi connectivity index (χ1) is 86.7. The van der Waals surface area contributed by atoms with Gasteiger partial charge in [0.25, 0.3) is 0 Å². The van der Waals surface area contributed by atoms with Crippen LogP contribution in [0.3, 0.4) is 0 Å². The number of Topliss-reactive ketones (excluding diaryl/α,β-unsaturated/α-hetero) is 5. The maximum absolute atomic E-state index is 14.1. The van der Waals surface area contributed by atoms with E-state index in [2.05, 4.69) is 18.7 Å².